The molecule has 8 nitrogen and oxygen atoms in total. The molecular formula is C12H19N3O5. The summed E-state index contributed by atoms with van der Waals surface area (Å²) in [6, 6.07) is -2.83. The van der Waals surface area contributed by atoms with Crippen molar-refractivity contribution in [2.45, 2.75) is 39.3 Å². The summed E-state index contributed by atoms with van der Waals surface area (Å²) in [7, 11) is 1.33. The fourth-order valence-electron chi connectivity index (χ4n) is 1.85. The Kier molecular flexibility index (Phi) is 4.36. The predicted octanol–water partition coefficient (Wildman–Crippen LogP) is -0.458. The largest absolute Gasteiger partial charge is 0.480 e. The van der Waals surface area contributed by atoms with Gasteiger partial charge in [-0.25, -0.2) is 9.59 Å². The van der Waals surface area contributed by atoms with E-state index in [9.17, 15) is 19.2 Å². The van der Waals surface area contributed by atoms with Gasteiger partial charge in [0.1, 0.15) is 12.1 Å². The molecule has 8 heteroatoms. The molecule has 20 heavy (non-hydrogen) atoms. The number of imide groups is 1. The fraction of sp³-hybridized carbons (Fsp3) is 0.667. The van der Waals surface area contributed by atoms with Gasteiger partial charge in [-0.1, -0.05) is 20.8 Å². The van der Waals surface area contributed by atoms with Gasteiger partial charge < -0.3 is 15.7 Å². The lowest BCUT2D eigenvalue weighted by Crippen LogP contribution is -2.54. The van der Waals surface area contributed by atoms with Crippen molar-refractivity contribution in [1.29, 1.82) is 0 Å². The number of amides is 4. The normalized spacial score (nSPS) is 20.8. The number of urea groups is 1. The Morgan fingerprint density at radius 1 is 1.35 bits per heavy atom. The molecule has 2 atom stereocenters. The van der Waals surface area contributed by atoms with Crippen LogP contribution in [-0.4, -0.2) is 53.0 Å². The van der Waals surface area contributed by atoms with E-state index in [0.29, 0.717) is 0 Å². The second-order valence-corrected chi connectivity index (χ2v) is 5.80. The third kappa shape index (κ3) is 3.46. The molecule has 0 bridgehead atoms. The molecule has 3 N–H and O–H groups in total. The lowest BCUT2D eigenvalue weighted by Gasteiger charge is -2.28. The Hall–Kier alpha value is -2.12. The first-order valence-corrected chi connectivity index (χ1v) is 6.14. The number of hydrogen-bond acceptors (Lipinski definition) is 4. The van der Waals surface area contributed by atoms with Crippen molar-refractivity contribution in [2.24, 2.45) is 5.41 Å². The van der Waals surface area contributed by atoms with Crippen LogP contribution in [0.25, 0.3) is 0 Å². The number of likely N-dealkylation sites (tertiary alicyclic amines) is 1. The Morgan fingerprint density at radius 3 is 2.25 bits per heavy atom. The number of carbonyl (C=O) groups excluding carboxylic acids is 3. The van der Waals surface area contributed by atoms with Crippen LogP contribution in [-0.2, 0) is 14.4 Å². The number of nitrogens with zero attached hydrogens (tertiary/aromatic N) is 1. The third-order valence-corrected chi connectivity index (χ3v) is 3.08. The number of carbonyl (C=O) groups is 4. The average Bonchev–Trinajstić information content (AvgIpc) is 2.52. The summed E-state index contributed by atoms with van der Waals surface area (Å²) >= 11 is 0. The molecule has 0 aliphatic carbocycles. The van der Waals surface area contributed by atoms with Gasteiger partial charge in [-0.2, -0.15) is 0 Å². The zero-order chi connectivity index (χ0) is 15.7. The zero-order valence-electron chi connectivity index (χ0n) is 11.9. The molecule has 1 fully saturated rings. The van der Waals surface area contributed by atoms with Gasteiger partial charge in [0.25, 0.3) is 5.91 Å². The number of rotatable bonds is 3. The maximum absolute atomic E-state index is 11.8. The lowest BCUT2D eigenvalue weighted by atomic mass is 9.87. The molecule has 1 unspecified atom stereocenters. The van der Waals surface area contributed by atoms with E-state index in [2.05, 4.69) is 10.6 Å². The first kappa shape index (κ1) is 15.9. The van der Waals surface area contributed by atoms with Gasteiger partial charge in [-0.15, -0.1) is 0 Å². The first-order chi connectivity index (χ1) is 9.04. The summed E-state index contributed by atoms with van der Waals surface area (Å²) in [5, 5.41) is 13.7. The minimum absolute atomic E-state index is 0.115. The summed E-state index contributed by atoms with van der Waals surface area (Å²) < 4.78 is 0. The second-order valence-electron chi connectivity index (χ2n) is 5.80. The van der Waals surface area contributed by atoms with E-state index in [1.165, 1.54) is 7.05 Å². The molecule has 0 radical (unpaired) electrons. The van der Waals surface area contributed by atoms with E-state index in [0.717, 1.165) is 4.90 Å². The smallest absolute Gasteiger partial charge is 0.326 e. The Labute approximate surface area is 116 Å². The molecule has 4 amide bonds. The van der Waals surface area contributed by atoms with Crippen molar-refractivity contribution in [1.82, 2.24) is 15.5 Å². The highest BCUT2D eigenvalue weighted by atomic mass is 16.4. The minimum atomic E-state index is -1.17. The number of nitrogens with one attached hydrogen (secondary N) is 2. The summed E-state index contributed by atoms with van der Waals surface area (Å²) in [6.45, 7) is 5.01. The topological polar surface area (TPSA) is 116 Å². The van der Waals surface area contributed by atoms with Gasteiger partial charge in [-0.3, -0.25) is 14.5 Å². The molecule has 1 rings (SSSR count). The summed E-state index contributed by atoms with van der Waals surface area (Å²) in [5.74, 6) is -2.06. The van der Waals surface area contributed by atoms with Crippen LogP contribution >= 0.6 is 0 Å². The molecule has 0 saturated carbocycles. The van der Waals surface area contributed by atoms with Crippen LogP contribution < -0.4 is 10.6 Å². The number of carboxylic acids is 1. The van der Waals surface area contributed by atoms with Crippen molar-refractivity contribution in [3.8, 4) is 0 Å². The van der Waals surface area contributed by atoms with Crippen LogP contribution in [0.3, 0.4) is 0 Å². The molecule has 1 aliphatic heterocycles. The minimum Gasteiger partial charge on any atom is -0.480 e. The van der Waals surface area contributed by atoms with Crippen molar-refractivity contribution in [3.05, 3.63) is 0 Å². The van der Waals surface area contributed by atoms with Crippen LogP contribution in [0.1, 0.15) is 27.2 Å². The quantitative estimate of drug-likeness (QED) is 0.607. The first-order valence-electron chi connectivity index (χ1n) is 6.14. The SMILES string of the molecule is CN1C(=O)CC(NC(=O)N[C@@H](C(=O)O)C(C)(C)C)C1=O. The molecule has 1 saturated heterocycles. The van der Waals surface area contributed by atoms with Gasteiger partial charge in [0.05, 0.1) is 6.42 Å². The van der Waals surface area contributed by atoms with Gasteiger partial charge in [0.15, 0.2) is 0 Å². The molecule has 0 spiro atoms. The zero-order valence-corrected chi connectivity index (χ0v) is 11.9. The van der Waals surface area contributed by atoms with Crippen LogP contribution in [0, 0.1) is 5.41 Å². The molecule has 0 aromatic carbocycles. The fourth-order valence-corrected chi connectivity index (χ4v) is 1.85. The third-order valence-electron chi connectivity index (χ3n) is 3.08. The van der Waals surface area contributed by atoms with Crippen molar-refractivity contribution < 1.29 is 24.3 Å². The number of hydrogen-bond donors (Lipinski definition) is 3. The maximum atomic E-state index is 11.8. The van der Waals surface area contributed by atoms with E-state index in [1.807, 2.05) is 0 Å². The summed E-state index contributed by atoms with van der Waals surface area (Å²) in [5.41, 5.74) is -0.685. The second kappa shape index (κ2) is 5.48. The molecule has 1 aliphatic rings. The predicted molar refractivity (Wildman–Crippen MR) is 68.7 cm³/mol. The van der Waals surface area contributed by atoms with Crippen LogP contribution in [0.2, 0.25) is 0 Å². The average molecular weight is 285 g/mol. The van der Waals surface area contributed by atoms with Gasteiger partial charge in [0.2, 0.25) is 5.91 Å². The highest BCUT2D eigenvalue weighted by Crippen LogP contribution is 2.19. The summed E-state index contributed by atoms with van der Waals surface area (Å²) in [4.78, 5) is 46.7. The molecular weight excluding hydrogens is 266 g/mol. The van der Waals surface area contributed by atoms with Crippen molar-refractivity contribution >= 4 is 23.8 Å². The van der Waals surface area contributed by atoms with E-state index >= 15 is 0 Å². The monoisotopic (exact) mass is 285 g/mol. The van der Waals surface area contributed by atoms with E-state index in [4.69, 9.17) is 5.11 Å². The molecule has 1 heterocycles. The van der Waals surface area contributed by atoms with Gasteiger partial charge >= 0.3 is 12.0 Å². The van der Waals surface area contributed by atoms with Crippen LogP contribution in [0.4, 0.5) is 4.79 Å². The molecule has 0 aromatic rings. The van der Waals surface area contributed by atoms with Crippen LogP contribution in [0.5, 0.6) is 0 Å². The van der Waals surface area contributed by atoms with E-state index in [-0.39, 0.29) is 12.3 Å². The lowest BCUT2D eigenvalue weighted by molar-refractivity contribution is -0.142. The Bertz CT molecular complexity index is 454. The number of likely N-dealkylation sites (N-methyl/N-ethyl adjacent to an activating group) is 1. The number of carboxylic acid groups (broad SMARTS) is 1. The highest BCUT2D eigenvalue weighted by Gasteiger charge is 2.38. The van der Waals surface area contributed by atoms with Crippen molar-refractivity contribution in [3.63, 3.8) is 0 Å². The maximum Gasteiger partial charge on any atom is 0.326 e. The Balaban J connectivity index is 2.66. The van der Waals surface area contributed by atoms with Crippen LogP contribution in [0.15, 0.2) is 0 Å². The standard InChI is InChI=1S/C12H19N3O5/c1-12(2,3)8(10(18)19)14-11(20)13-6-5-7(16)15(4)9(6)17/h6,8H,5H2,1-4H3,(H,18,19)(H2,13,14,20)/t6?,8-/m0/s1. The highest BCUT2D eigenvalue weighted by molar-refractivity contribution is 6.06. The number of aliphatic carboxylic acids is 1. The molecule has 112 valence electrons. The summed E-state index contributed by atoms with van der Waals surface area (Å²) in [6.07, 6.45) is -0.115. The van der Waals surface area contributed by atoms with Gasteiger partial charge in [-0.05, 0) is 5.41 Å². The van der Waals surface area contributed by atoms with Crippen molar-refractivity contribution in [2.75, 3.05) is 7.05 Å². The van der Waals surface area contributed by atoms with Gasteiger partial charge in [0, 0.05) is 7.05 Å². The van der Waals surface area contributed by atoms with E-state index in [1.54, 1.807) is 20.8 Å². The molecule has 0 aromatic heterocycles. The van der Waals surface area contributed by atoms with E-state index < -0.39 is 35.4 Å². The Morgan fingerprint density at radius 2 is 1.90 bits per heavy atom.